The summed E-state index contributed by atoms with van der Waals surface area (Å²) in [7, 11) is 0. The highest BCUT2D eigenvalue weighted by molar-refractivity contribution is 6.04. The van der Waals surface area contributed by atoms with Gasteiger partial charge in [0.1, 0.15) is 6.10 Å². The summed E-state index contributed by atoms with van der Waals surface area (Å²) in [5.74, 6) is -0.498. The molecule has 1 aromatic carbocycles. The minimum absolute atomic E-state index is 0.00251. The molecule has 0 aromatic heterocycles. The number of carbonyl (C=O) groups is 2. The fraction of sp³-hybridized carbons (Fsp3) is 0.538. The molecule has 0 unspecified atom stereocenters. The summed E-state index contributed by atoms with van der Waals surface area (Å²) in [5, 5.41) is 3.42. The molecule has 1 fully saturated rings. The largest absolute Gasteiger partial charge is 0.459 e. The second-order valence-electron chi connectivity index (χ2n) is 9.84. The Morgan fingerprint density at radius 3 is 2.43 bits per heavy atom. The molecule has 0 spiro atoms. The Labute approximate surface area is 179 Å². The summed E-state index contributed by atoms with van der Waals surface area (Å²) in [6.45, 7) is 8.32. The average Bonchev–Trinajstić information content (AvgIpc) is 3.18. The van der Waals surface area contributed by atoms with Crippen molar-refractivity contribution in [1.82, 2.24) is 5.32 Å². The second kappa shape index (κ2) is 8.05. The molecule has 4 nitrogen and oxygen atoms in total. The molecule has 3 aliphatic rings. The predicted molar refractivity (Wildman–Crippen MR) is 118 cm³/mol. The molecule has 0 amide bonds. The first-order valence-electron chi connectivity index (χ1n) is 11.3. The Bertz CT molecular complexity index is 914. The van der Waals surface area contributed by atoms with E-state index in [4.69, 9.17) is 4.74 Å². The van der Waals surface area contributed by atoms with Crippen molar-refractivity contribution in [3.8, 4) is 0 Å². The van der Waals surface area contributed by atoms with Gasteiger partial charge in [0.05, 0.1) is 5.57 Å². The number of benzene rings is 1. The SMILES string of the molecule is CCc1ccc([C@@H]2C(C(=O)OC3CCCC3)=C(C)NC3=C2C(=O)CC(C)(C)C3)cc1. The fourth-order valence-corrected chi connectivity index (χ4v) is 5.21. The van der Waals surface area contributed by atoms with Crippen LogP contribution in [-0.2, 0) is 20.7 Å². The zero-order chi connectivity index (χ0) is 21.5. The van der Waals surface area contributed by atoms with Crippen LogP contribution in [0.25, 0.3) is 0 Å². The molecule has 160 valence electrons. The molecule has 4 rings (SSSR count). The summed E-state index contributed by atoms with van der Waals surface area (Å²) in [4.78, 5) is 26.6. The molecular weight excluding hydrogens is 374 g/mol. The van der Waals surface area contributed by atoms with E-state index in [1.54, 1.807) is 0 Å². The van der Waals surface area contributed by atoms with Crippen molar-refractivity contribution in [2.75, 3.05) is 0 Å². The predicted octanol–water partition coefficient (Wildman–Crippen LogP) is 5.34. The molecule has 30 heavy (non-hydrogen) atoms. The lowest BCUT2D eigenvalue weighted by molar-refractivity contribution is -0.144. The molecule has 2 aliphatic carbocycles. The number of hydrogen-bond acceptors (Lipinski definition) is 4. The maximum absolute atomic E-state index is 13.3. The van der Waals surface area contributed by atoms with Crippen molar-refractivity contribution in [2.45, 2.75) is 84.7 Å². The Kier molecular flexibility index (Phi) is 5.61. The Morgan fingerprint density at radius 1 is 1.13 bits per heavy atom. The number of ketones is 1. The minimum atomic E-state index is -0.357. The average molecular weight is 408 g/mol. The lowest BCUT2D eigenvalue weighted by Crippen LogP contribution is -2.39. The maximum Gasteiger partial charge on any atom is 0.337 e. The van der Waals surface area contributed by atoms with Gasteiger partial charge in [0.25, 0.3) is 0 Å². The first kappa shape index (κ1) is 20.9. The van der Waals surface area contributed by atoms with Crippen LogP contribution in [0.4, 0.5) is 0 Å². The van der Waals surface area contributed by atoms with Crippen LogP contribution in [0.3, 0.4) is 0 Å². The third-order valence-electron chi connectivity index (χ3n) is 6.76. The van der Waals surface area contributed by atoms with Crippen LogP contribution in [0, 0.1) is 5.41 Å². The first-order chi connectivity index (χ1) is 14.3. The normalized spacial score (nSPS) is 24.0. The van der Waals surface area contributed by atoms with E-state index in [9.17, 15) is 9.59 Å². The van der Waals surface area contributed by atoms with Gasteiger partial charge in [-0.2, -0.15) is 0 Å². The smallest absolute Gasteiger partial charge is 0.337 e. The second-order valence-corrected chi connectivity index (χ2v) is 9.84. The zero-order valence-electron chi connectivity index (χ0n) is 18.6. The van der Waals surface area contributed by atoms with Gasteiger partial charge in [-0.1, -0.05) is 45.0 Å². The highest BCUT2D eigenvalue weighted by Gasteiger charge is 2.43. The van der Waals surface area contributed by atoms with Gasteiger partial charge in [-0.25, -0.2) is 4.79 Å². The third kappa shape index (κ3) is 3.97. The standard InChI is InChI=1S/C26H33NO3/c1-5-17-10-12-18(13-11-17)23-22(25(29)30-19-8-6-7-9-19)16(2)27-20-14-26(3,4)15-21(28)24(20)23/h10-13,19,23,27H,5-9,14-15H2,1-4H3/t23-/m1/s1. The number of esters is 1. The highest BCUT2D eigenvalue weighted by Crippen LogP contribution is 2.47. The molecule has 1 saturated carbocycles. The molecule has 1 N–H and O–H groups in total. The monoisotopic (exact) mass is 407 g/mol. The van der Waals surface area contributed by atoms with Crippen LogP contribution in [-0.4, -0.2) is 17.9 Å². The van der Waals surface area contributed by atoms with Crippen molar-refractivity contribution in [1.29, 1.82) is 0 Å². The number of aryl methyl sites for hydroxylation is 1. The van der Waals surface area contributed by atoms with E-state index >= 15 is 0 Å². The van der Waals surface area contributed by atoms with Crippen LogP contribution in [0.15, 0.2) is 46.8 Å². The van der Waals surface area contributed by atoms with Gasteiger partial charge in [-0.15, -0.1) is 0 Å². The lowest BCUT2D eigenvalue weighted by atomic mass is 9.68. The van der Waals surface area contributed by atoms with Gasteiger partial charge in [0, 0.05) is 29.3 Å². The number of carbonyl (C=O) groups excluding carboxylic acids is 2. The number of Topliss-reactive ketones (excluding diaryl/α,β-unsaturated/α-hetero) is 1. The van der Waals surface area contributed by atoms with Gasteiger partial charge in [-0.05, 0) is 62.0 Å². The summed E-state index contributed by atoms with van der Waals surface area (Å²) in [6, 6.07) is 8.35. The summed E-state index contributed by atoms with van der Waals surface area (Å²) in [6.07, 6.45) is 6.35. The number of allylic oxidation sites excluding steroid dienone is 3. The number of dihydropyridines is 1. The molecule has 1 heterocycles. The molecule has 1 aliphatic heterocycles. The van der Waals surface area contributed by atoms with Crippen LogP contribution in [0.5, 0.6) is 0 Å². The number of ether oxygens (including phenoxy) is 1. The van der Waals surface area contributed by atoms with E-state index in [1.807, 2.05) is 6.92 Å². The maximum atomic E-state index is 13.3. The zero-order valence-corrected chi connectivity index (χ0v) is 18.6. The van der Waals surface area contributed by atoms with E-state index in [2.05, 4.69) is 50.4 Å². The summed E-state index contributed by atoms with van der Waals surface area (Å²) in [5.41, 5.74) is 5.28. The van der Waals surface area contributed by atoms with Gasteiger partial charge >= 0.3 is 5.97 Å². The van der Waals surface area contributed by atoms with Gasteiger partial charge in [-0.3, -0.25) is 4.79 Å². The minimum Gasteiger partial charge on any atom is -0.459 e. The lowest BCUT2D eigenvalue weighted by Gasteiger charge is -2.39. The molecule has 4 heteroatoms. The van der Waals surface area contributed by atoms with Gasteiger partial charge < -0.3 is 10.1 Å². The molecule has 0 radical (unpaired) electrons. The van der Waals surface area contributed by atoms with E-state index in [0.717, 1.165) is 61.1 Å². The van der Waals surface area contributed by atoms with Crippen molar-refractivity contribution in [3.63, 3.8) is 0 Å². The van der Waals surface area contributed by atoms with E-state index in [1.165, 1.54) is 5.56 Å². The Morgan fingerprint density at radius 2 is 1.80 bits per heavy atom. The number of nitrogens with one attached hydrogen (secondary N) is 1. The van der Waals surface area contributed by atoms with Crippen molar-refractivity contribution >= 4 is 11.8 Å². The van der Waals surface area contributed by atoms with Crippen molar-refractivity contribution in [3.05, 3.63) is 57.9 Å². The first-order valence-corrected chi connectivity index (χ1v) is 11.3. The molecule has 1 aromatic rings. The van der Waals surface area contributed by atoms with Crippen molar-refractivity contribution < 1.29 is 14.3 Å². The van der Waals surface area contributed by atoms with Crippen molar-refractivity contribution in [2.24, 2.45) is 5.41 Å². The van der Waals surface area contributed by atoms with Crippen LogP contribution in [0.2, 0.25) is 0 Å². The van der Waals surface area contributed by atoms with Crippen LogP contribution >= 0.6 is 0 Å². The molecule has 0 saturated heterocycles. The summed E-state index contributed by atoms with van der Waals surface area (Å²) < 4.78 is 5.90. The number of rotatable bonds is 4. The van der Waals surface area contributed by atoms with E-state index < -0.39 is 0 Å². The van der Waals surface area contributed by atoms with E-state index in [0.29, 0.717) is 12.0 Å². The molecule has 0 bridgehead atoms. The van der Waals surface area contributed by atoms with Crippen LogP contribution in [0.1, 0.15) is 83.3 Å². The van der Waals surface area contributed by atoms with Gasteiger partial charge in [0.15, 0.2) is 5.78 Å². The fourth-order valence-electron chi connectivity index (χ4n) is 5.21. The Balaban J connectivity index is 1.77. The number of hydrogen-bond donors (Lipinski definition) is 1. The van der Waals surface area contributed by atoms with E-state index in [-0.39, 0.29) is 29.2 Å². The van der Waals surface area contributed by atoms with Gasteiger partial charge in [0.2, 0.25) is 0 Å². The molecule has 1 atom stereocenters. The Hall–Kier alpha value is -2.36. The topological polar surface area (TPSA) is 55.4 Å². The third-order valence-corrected chi connectivity index (χ3v) is 6.76. The molecular formula is C26H33NO3. The summed E-state index contributed by atoms with van der Waals surface area (Å²) >= 11 is 0. The van der Waals surface area contributed by atoms with Crippen LogP contribution < -0.4 is 5.32 Å². The quantitative estimate of drug-likeness (QED) is 0.685. The highest BCUT2D eigenvalue weighted by atomic mass is 16.5.